The Kier molecular flexibility index (Phi) is 6.42. The van der Waals surface area contributed by atoms with E-state index in [0.717, 1.165) is 18.9 Å². The molecule has 4 heteroatoms. The lowest BCUT2D eigenvalue weighted by Crippen LogP contribution is -2.34. The molecule has 0 aromatic heterocycles. The van der Waals surface area contributed by atoms with Gasteiger partial charge in [-0.2, -0.15) is 0 Å². The minimum atomic E-state index is -0.0493. The highest BCUT2D eigenvalue weighted by Gasteiger charge is 2.14. The second kappa shape index (κ2) is 7.63. The van der Waals surface area contributed by atoms with E-state index in [2.05, 4.69) is 17.1 Å². The molecule has 0 bridgehead atoms. The average molecular weight is 228 g/mol. The van der Waals surface area contributed by atoms with Crippen molar-refractivity contribution in [1.29, 1.82) is 0 Å². The number of likely N-dealkylation sites (tertiary alicyclic amines) is 1. The van der Waals surface area contributed by atoms with Gasteiger partial charge < -0.3 is 15.0 Å². The number of carbonyl (C=O) groups excluding carboxylic acids is 1. The molecule has 16 heavy (non-hydrogen) atoms. The number of carbonyl (C=O) groups is 1. The summed E-state index contributed by atoms with van der Waals surface area (Å²) in [7, 11) is 1.63. The van der Waals surface area contributed by atoms with E-state index in [1.165, 1.54) is 25.9 Å². The largest absolute Gasteiger partial charge is 0.372 e. The first-order valence-corrected chi connectivity index (χ1v) is 6.23. The number of nitrogens with one attached hydrogen (secondary N) is 1. The summed E-state index contributed by atoms with van der Waals surface area (Å²) in [5.41, 5.74) is 0. The molecule has 4 nitrogen and oxygen atoms in total. The molecule has 94 valence electrons. The highest BCUT2D eigenvalue weighted by molar-refractivity contribution is 5.76. The van der Waals surface area contributed by atoms with Crippen molar-refractivity contribution in [3.8, 4) is 0 Å². The van der Waals surface area contributed by atoms with Crippen LogP contribution >= 0.6 is 0 Å². The summed E-state index contributed by atoms with van der Waals surface area (Å²) in [4.78, 5) is 13.4. The summed E-state index contributed by atoms with van der Waals surface area (Å²) in [6.45, 7) is 6.73. The maximum absolute atomic E-state index is 10.9. The number of ether oxygens (including phenoxy) is 1. The van der Waals surface area contributed by atoms with Gasteiger partial charge in [0.15, 0.2) is 0 Å². The molecule has 0 atom stereocenters. The molecular weight excluding hydrogens is 204 g/mol. The Labute approximate surface area is 98.3 Å². The van der Waals surface area contributed by atoms with Gasteiger partial charge in [0.1, 0.15) is 6.61 Å². The number of amides is 1. The van der Waals surface area contributed by atoms with Crippen molar-refractivity contribution >= 4 is 5.91 Å². The lowest BCUT2D eigenvalue weighted by Gasteiger charge is -2.29. The van der Waals surface area contributed by atoms with Crippen molar-refractivity contribution in [2.45, 2.75) is 26.2 Å². The van der Waals surface area contributed by atoms with Crippen molar-refractivity contribution in [3.63, 3.8) is 0 Å². The summed E-state index contributed by atoms with van der Waals surface area (Å²) < 4.78 is 5.26. The summed E-state index contributed by atoms with van der Waals surface area (Å²) in [6.07, 6.45) is 3.66. The van der Waals surface area contributed by atoms with Gasteiger partial charge in [-0.3, -0.25) is 4.79 Å². The molecule has 0 spiro atoms. The van der Waals surface area contributed by atoms with E-state index in [1.54, 1.807) is 7.05 Å². The fraction of sp³-hybridized carbons (Fsp3) is 0.917. The molecule has 1 aliphatic rings. The van der Waals surface area contributed by atoms with Crippen LogP contribution in [0.4, 0.5) is 0 Å². The van der Waals surface area contributed by atoms with Gasteiger partial charge in [-0.15, -0.1) is 0 Å². The summed E-state index contributed by atoms with van der Waals surface area (Å²) in [6, 6.07) is 0. The quantitative estimate of drug-likeness (QED) is 0.686. The predicted molar refractivity (Wildman–Crippen MR) is 64.3 cm³/mol. The van der Waals surface area contributed by atoms with Crippen LogP contribution in [0.2, 0.25) is 0 Å². The standard InChI is InChI=1S/C12H24N2O2/c1-11-4-7-14(8-5-11)6-3-9-16-10-12(15)13-2/h11H,3-10H2,1-2H3,(H,13,15). The molecule has 0 aliphatic carbocycles. The van der Waals surface area contributed by atoms with Crippen LogP contribution in [-0.4, -0.2) is 50.7 Å². The first-order chi connectivity index (χ1) is 7.72. The Morgan fingerprint density at radius 3 is 2.75 bits per heavy atom. The number of hydrogen-bond acceptors (Lipinski definition) is 3. The zero-order chi connectivity index (χ0) is 11.8. The zero-order valence-corrected chi connectivity index (χ0v) is 10.5. The Hall–Kier alpha value is -0.610. The number of hydrogen-bond donors (Lipinski definition) is 1. The third-order valence-electron chi connectivity index (χ3n) is 3.15. The lowest BCUT2D eigenvalue weighted by molar-refractivity contribution is -0.125. The van der Waals surface area contributed by atoms with E-state index >= 15 is 0 Å². The third kappa shape index (κ3) is 5.47. The molecule has 1 fully saturated rings. The van der Waals surface area contributed by atoms with Crippen LogP contribution in [0.5, 0.6) is 0 Å². The molecule has 1 saturated heterocycles. The molecule has 0 saturated carbocycles. The molecule has 1 amide bonds. The van der Waals surface area contributed by atoms with Gasteiger partial charge in [0.05, 0.1) is 0 Å². The molecule has 0 aromatic carbocycles. The van der Waals surface area contributed by atoms with Crippen molar-refractivity contribution in [3.05, 3.63) is 0 Å². The Morgan fingerprint density at radius 1 is 1.44 bits per heavy atom. The van der Waals surface area contributed by atoms with Gasteiger partial charge in [-0.05, 0) is 38.3 Å². The monoisotopic (exact) mass is 228 g/mol. The SMILES string of the molecule is CNC(=O)COCCCN1CCC(C)CC1. The van der Waals surface area contributed by atoms with Gasteiger partial charge in [0.25, 0.3) is 0 Å². The maximum Gasteiger partial charge on any atom is 0.245 e. The highest BCUT2D eigenvalue weighted by Crippen LogP contribution is 2.15. The number of nitrogens with zero attached hydrogens (tertiary/aromatic N) is 1. The van der Waals surface area contributed by atoms with E-state index in [1.807, 2.05) is 0 Å². The van der Waals surface area contributed by atoms with Crippen LogP contribution in [0.25, 0.3) is 0 Å². The molecular formula is C12H24N2O2. The second-order valence-electron chi connectivity index (χ2n) is 4.60. The fourth-order valence-electron chi connectivity index (χ4n) is 1.91. The van der Waals surface area contributed by atoms with Gasteiger partial charge in [-0.1, -0.05) is 6.92 Å². The minimum Gasteiger partial charge on any atom is -0.372 e. The molecule has 1 aliphatic heterocycles. The Morgan fingerprint density at radius 2 is 2.12 bits per heavy atom. The van der Waals surface area contributed by atoms with Crippen molar-refractivity contribution in [2.24, 2.45) is 5.92 Å². The number of likely N-dealkylation sites (N-methyl/N-ethyl adjacent to an activating group) is 1. The van der Waals surface area contributed by atoms with Crippen molar-refractivity contribution in [2.75, 3.05) is 39.9 Å². The fourth-order valence-corrected chi connectivity index (χ4v) is 1.91. The molecule has 1 N–H and O–H groups in total. The normalized spacial score (nSPS) is 18.6. The lowest BCUT2D eigenvalue weighted by atomic mass is 9.99. The van der Waals surface area contributed by atoms with E-state index in [-0.39, 0.29) is 12.5 Å². The average Bonchev–Trinajstić information content (AvgIpc) is 2.31. The number of piperidine rings is 1. The Bertz CT molecular complexity index is 201. The zero-order valence-electron chi connectivity index (χ0n) is 10.5. The van der Waals surface area contributed by atoms with E-state index in [0.29, 0.717) is 6.61 Å². The Balaban J connectivity index is 1.93. The van der Waals surface area contributed by atoms with Crippen LogP contribution < -0.4 is 5.32 Å². The molecule has 0 unspecified atom stereocenters. The second-order valence-corrected chi connectivity index (χ2v) is 4.60. The van der Waals surface area contributed by atoms with Gasteiger partial charge >= 0.3 is 0 Å². The maximum atomic E-state index is 10.9. The van der Waals surface area contributed by atoms with E-state index in [4.69, 9.17) is 4.74 Å². The topological polar surface area (TPSA) is 41.6 Å². The van der Waals surface area contributed by atoms with Crippen LogP contribution in [0, 0.1) is 5.92 Å². The summed E-state index contributed by atoms with van der Waals surface area (Å²) in [5, 5.41) is 2.54. The first kappa shape index (κ1) is 13.5. The van der Waals surface area contributed by atoms with Crippen LogP contribution in [0.1, 0.15) is 26.2 Å². The third-order valence-corrected chi connectivity index (χ3v) is 3.15. The molecule has 1 heterocycles. The van der Waals surface area contributed by atoms with Crippen molar-refractivity contribution < 1.29 is 9.53 Å². The minimum absolute atomic E-state index is 0.0493. The van der Waals surface area contributed by atoms with Crippen LogP contribution in [-0.2, 0) is 9.53 Å². The molecule has 0 aromatic rings. The smallest absolute Gasteiger partial charge is 0.245 e. The van der Waals surface area contributed by atoms with Crippen LogP contribution in [0.3, 0.4) is 0 Å². The van der Waals surface area contributed by atoms with Gasteiger partial charge in [0.2, 0.25) is 5.91 Å². The van der Waals surface area contributed by atoms with E-state index in [9.17, 15) is 4.79 Å². The van der Waals surface area contributed by atoms with Gasteiger partial charge in [0, 0.05) is 20.2 Å². The number of rotatable bonds is 6. The summed E-state index contributed by atoms with van der Waals surface area (Å²) in [5.74, 6) is 0.840. The highest BCUT2D eigenvalue weighted by atomic mass is 16.5. The van der Waals surface area contributed by atoms with Gasteiger partial charge in [-0.25, -0.2) is 0 Å². The van der Waals surface area contributed by atoms with E-state index < -0.39 is 0 Å². The summed E-state index contributed by atoms with van der Waals surface area (Å²) >= 11 is 0. The first-order valence-electron chi connectivity index (χ1n) is 6.23. The molecule has 1 rings (SSSR count). The predicted octanol–water partition coefficient (Wildman–Crippen LogP) is 0.871. The van der Waals surface area contributed by atoms with Crippen molar-refractivity contribution in [1.82, 2.24) is 10.2 Å². The molecule has 0 radical (unpaired) electrons. The van der Waals surface area contributed by atoms with Crippen LogP contribution in [0.15, 0.2) is 0 Å².